The van der Waals surface area contributed by atoms with E-state index in [-0.39, 0.29) is 11.9 Å². The van der Waals surface area contributed by atoms with E-state index in [1.54, 1.807) is 24.1 Å². The summed E-state index contributed by atoms with van der Waals surface area (Å²) >= 11 is 0. The molecule has 4 heteroatoms. The van der Waals surface area contributed by atoms with Gasteiger partial charge in [-0.15, -0.1) is 0 Å². The molecular formula is C17H25NO3. The summed E-state index contributed by atoms with van der Waals surface area (Å²) in [6.45, 7) is 11.3. The second-order valence-corrected chi connectivity index (χ2v) is 5.36. The number of hydrogen-bond donors (Lipinski definition) is 0. The van der Waals surface area contributed by atoms with E-state index in [1.807, 2.05) is 32.9 Å². The van der Waals surface area contributed by atoms with Crippen LogP contribution in [-0.4, -0.2) is 43.7 Å². The van der Waals surface area contributed by atoms with Crippen LogP contribution in [0, 0.1) is 0 Å². The van der Waals surface area contributed by atoms with Crippen LogP contribution >= 0.6 is 0 Å². The number of amides is 1. The fourth-order valence-corrected chi connectivity index (χ4v) is 1.85. The molecule has 0 aromatic heterocycles. The van der Waals surface area contributed by atoms with Crippen LogP contribution in [0.3, 0.4) is 0 Å². The van der Waals surface area contributed by atoms with E-state index in [9.17, 15) is 4.79 Å². The normalized spacial score (nSPS) is 10.5. The van der Waals surface area contributed by atoms with Crippen molar-refractivity contribution in [1.82, 2.24) is 4.90 Å². The van der Waals surface area contributed by atoms with Gasteiger partial charge in [0.2, 0.25) is 0 Å². The number of methoxy groups -OCH3 is 1. The summed E-state index contributed by atoms with van der Waals surface area (Å²) in [5, 5.41) is 0. The van der Waals surface area contributed by atoms with Crippen LogP contribution in [0.1, 0.15) is 31.1 Å². The van der Waals surface area contributed by atoms with Crippen molar-refractivity contribution in [1.29, 1.82) is 0 Å². The molecule has 0 aliphatic rings. The zero-order chi connectivity index (χ0) is 15.8. The minimum Gasteiger partial charge on any atom is -0.489 e. The van der Waals surface area contributed by atoms with Crippen LogP contribution in [0.15, 0.2) is 36.4 Å². The molecule has 21 heavy (non-hydrogen) atoms. The van der Waals surface area contributed by atoms with E-state index < -0.39 is 0 Å². The third-order valence-electron chi connectivity index (χ3n) is 3.01. The lowest BCUT2D eigenvalue weighted by Crippen LogP contribution is -2.39. The molecule has 0 aliphatic carbocycles. The van der Waals surface area contributed by atoms with Crippen molar-refractivity contribution in [3.05, 3.63) is 42.0 Å². The summed E-state index contributed by atoms with van der Waals surface area (Å²) < 4.78 is 10.6. The molecule has 4 nitrogen and oxygen atoms in total. The predicted octanol–water partition coefficient (Wildman–Crippen LogP) is 3.14. The van der Waals surface area contributed by atoms with Crippen molar-refractivity contribution >= 4 is 5.91 Å². The van der Waals surface area contributed by atoms with E-state index in [0.29, 0.717) is 25.3 Å². The molecule has 0 radical (unpaired) electrons. The lowest BCUT2D eigenvalue weighted by molar-refractivity contribution is 0.0635. The Morgan fingerprint density at radius 3 is 2.38 bits per heavy atom. The van der Waals surface area contributed by atoms with Crippen LogP contribution in [0.25, 0.3) is 0 Å². The first-order valence-electron chi connectivity index (χ1n) is 7.13. The van der Waals surface area contributed by atoms with Crippen molar-refractivity contribution in [2.24, 2.45) is 0 Å². The molecule has 0 unspecified atom stereocenters. The van der Waals surface area contributed by atoms with E-state index in [1.165, 1.54) is 0 Å². The topological polar surface area (TPSA) is 38.8 Å². The predicted molar refractivity (Wildman–Crippen MR) is 84.8 cm³/mol. The summed E-state index contributed by atoms with van der Waals surface area (Å²) in [5.74, 6) is 0.746. The maximum atomic E-state index is 12.5. The quantitative estimate of drug-likeness (QED) is 0.691. The summed E-state index contributed by atoms with van der Waals surface area (Å²) in [6.07, 6.45) is 0. The van der Waals surface area contributed by atoms with Gasteiger partial charge in [0.15, 0.2) is 0 Å². The highest BCUT2D eigenvalue weighted by atomic mass is 16.5. The van der Waals surface area contributed by atoms with Crippen LogP contribution in [0.4, 0.5) is 0 Å². The average Bonchev–Trinajstić information content (AvgIpc) is 2.45. The first kappa shape index (κ1) is 17.2. The minimum atomic E-state index is 0.00787. The van der Waals surface area contributed by atoms with Crippen molar-refractivity contribution in [3.63, 3.8) is 0 Å². The molecule has 1 aromatic rings. The number of carbonyl (C=O) groups is 1. The highest BCUT2D eigenvalue weighted by molar-refractivity contribution is 5.94. The van der Waals surface area contributed by atoms with Crippen LogP contribution < -0.4 is 4.74 Å². The Bertz CT molecular complexity index is 465. The lowest BCUT2D eigenvalue weighted by atomic mass is 10.1. The van der Waals surface area contributed by atoms with Gasteiger partial charge in [0, 0.05) is 25.3 Å². The Hall–Kier alpha value is -1.81. The van der Waals surface area contributed by atoms with Gasteiger partial charge in [-0.1, -0.05) is 6.58 Å². The Kier molecular flexibility index (Phi) is 6.96. The number of rotatable bonds is 8. The molecule has 0 fully saturated rings. The molecule has 0 atom stereocenters. The van der Waals surface area contributed by atoms with Gasteiger partial charge in [-0.3, -0.25) is 4.79 Å². The molecule has 0 bridgehead atoms. The van der Waals surface area contributed by atoms with Gasteiger partial charge in [0.1, 0.15) is 12.4 Å². The Labute approximate surface area is 127 Å². The third-order valence-corrected chi connectivity index (χ3v) is 3.01. The zero-order valence-corrected chi connectivity index (χ0v) is 13.4. The van der Waals surface area contributed by atoms with Crippen molar-refractivity contribution in [2.75, 3.05) is 26.9 Å². The van der Waals surface area contributed by atoms with Crippen molar-refractivity contribution in [3.8, 4) is 5.75 Å². The number of ether oxygens (including phenoxy) is 2. The number of nitrogens with zero attached hydrogens (tertiary/aromatic N) is 1. The Morgan fingerprint density at radius 2 is 1.90 bits per heavy atom. The molecule has 0 spiro atoms. The zero-order valence-electron chi connectivity index (χ0n) is 13.4. The van der Waals surface area contributed by atoms with Gasteiger partial charge >= 0.3 is 0 Å². The summed E-state index contributed by atoms with van der Waals surface area (Å²) in [7, 11) is 1.64. The Balaban J connectivity index is 2.74. The highest BCUT2D eigenvalue weighted by Crippen LogP contribution is 2.15. The molecule has 1 amide bonds. The molecule has 0 heterocycles. The van der Waals surface area contributed by atoms with Gasteiger partial charge in [-0.25, -0.2) is 0 Å². The maximum absolute atomic E-state index is 12.5. The molecular weight excluding hydrogens is 266 g/mol. The van der Waals surface area contributed by atoms with Crippen LogP contribution in [0.5, 0.6) is 5.75 Å². The lowest BCUT2D eigenvalue weighted by Gasteiger charge is -2.26. The fraction of sp³-hybridized carbons (Fsp3) is 0.471. The average molecular weight is 291 g/mol. The minimum absolute atomic E-state index is 0.00787. The molecule has 1 rings (SSSR count). The van der Waals surface area contributed by atoms with Crippen LogP contribution in [0.2, 0.25) is 0 Å². The smallest absolute Gasteiger partial charge is 0.254 e. The number of carbonyl (C=O) groups excluding carboxylic acids is 1. The molecule has 0 saturated heterocycles. The number of benzene rings is 1. The summed E-state index contributed by atoms with van der Waals surface area (Å²) in [6, 6.07) is 7.33. The fourth-order valence-electron chi connectivity index (χ4n) is 1.85. The van der Waals surface area contributed by atoms with Crippen LogP contribution in [-0.2, 0) is 4.74 Å². The SMILES string of the molecule is C=C(C)COc1ccc(C(=O)N(CCOC)C(C)C)cc1. The van der Waals surface area contributed by atoms with E-state index in [2.05, 4.69) is 6.58 Å². The van der Waals surface area contributed by atoms with E-state index in [0.717, 1.165) is 11.3 Å². The largest absolute Gasteiger partial charge is 0.489 e. The second-order valence-electron chi connectivity index (χ2n) is 5.36. The van der Waals surface area contributed by atoms with Crippen molar-refractivity contribution in [2.45, 2.75) is 26.8 Å². The summed E-state index contributed by atoms with van der Waals surface area (Å²) in [5.41, 5.74) is 1.61. The van der Waals surface area contributed by atoms with E-state index in [4.69, 9.17) is 9.47 Å². The first-order chi connectivity index (χ1) is 9.95. The summed E-state index contributed by atoms with van der Waals surface area (Å²) in [4.78, 5) is 14.3. The molecule has 0 aliphatic heterocycles. The maximum Gasteiger partial charge on any atom is 0.254 e. The van der Waals surface area contributed by atoms with Gasteiger partial charge in [-0.2, -0.15) is 0 Å². The Morgan fingerprint density at radius 1 is 1.29 bits per heavy atom. The molecule has 116 valence electrons. The third kappa shape index (κ3) is 5.60. The van der Waals surface area contributed by atoms with Gasteiger partial charge in [0.25, 0.3) is 5.91 Å². The monoisotopic (exact) mass is 291 g/mol. The van der Waals surface area contributed by atoms with Crippen molar-refractivity contribution < 1.29 is 14.3 Å². The second kappa shape index (κ2) is 8.47. The van der Waals surface area contributed by atoms with Gasteiger partial charge in [0.05, 0.1) is 6.61 Å². The highest BCUT2D eigenvalue weighted by Gasteiger charge is 2.18. The number of hydrogen-bond acceptors (Lipinski definition) is 3. The van der Waals surface area contributed by atoms with Gasteiger partial charge in [-0.05, 0) is 50.6 Å². The van der Waals surface area contributed by atoms with Gasteiger partial charge < -0.3 is 14.4 Å². The first-order valence-corrected chi connectivity index (χ1v) is 7.13. The molecule has 0 saturated carbocycles. The molecule has 1 aromatic carbocycles. The standard InChI is InChI=1S/C17H25NO3/c1-13(2)12-21-16-8-6-15(7-9-16)17(19)18(14(3)4)10-11-20-5/h6-9,14H,1,10-12H2,2-5H3. The molecule has 0 N–H and O–H groups in total. The van der Waals surface area contributed by atoms with E-state index >= 15 is 0 Å².